The third kappa shape index (κ3) is 4.72. The van der Waals surface area contributed by atoms with Gasteiger partial charge >= 0.3 is 5.97 Å². The Hall–Kier alpha value is -0.130. The summed E-state index contributed by atoms with van der Waals surface area (Å²) in [7, 11) is 1.34. The summed E-state index contributed by atoms with van der Waals surface area (Å²) < 4.78 is 4.31. The molecule has 0 heterocycles. The molecule has 0 aromatic rings. The molecule has 0 rings (SSSR count). The number of carbonyl (C=O) groups excluding carboxylic acids is 2. The molecule has 10 heavy (non-hydrogen) atoms. The lowest BCUT2D eigenvalue weighted by atomic mass is 10.2. The second-order valence-electron chi connectivity index (χ2n) is 1.77. The van der Waals surface area contributed by atoms with Crippen molar-refractivity contribution >= 4 is 34.8 Å². The summed E-state index contributed by atoms with van der Waals surface area (Å²) in [6, 6.07) is 0. The van der Waals surface area contributed by atoms with Crippen LogP contribution in [0.5, 0.6) is 0 Å². The van der Waals surface area contributed by atoms with Gasteiger partial charge in [-0.25, -0.2) is 0 Å². The number of hydrogen-bond acceptors (Lipinski definition) is 3. The van der Waals surface area contributed by atoms with Gasteiger partial charge in [0.25, 0.3) is 0 Å². The molecular weight excluding hydrogens is 247 g/mol. The van der Waals surface area contributed by atoms with E-state index in [1.54, 1.807) is 0 Å². The molecular formula is C6H9IO3. The number of halogens is 1. The van der Waals surface area contributed by atoms with E-state index in [9.17, 15) is 9.59 Å². The van der Waals surface area contributed by atoms with Gasteiger partial charge < -0.3 is 9.53 Å². The van der Waals surface area contributed by atoms with E-state index in [4.69, 9.17) is 0 Å². The van der Waals surface area contributed by atoms with Crippen LogP contribution < -0.4 is 0 Å². The topological polar surface area (TPSA) is 43.4 Å². The molecule has 4 heteroatoms. The van der Waals surface area contributed by atoms with Gasteiger partial charge in [-0.1, -0.05) is 22.6 Å². The minimum atomic E-state index is -0.261. The fourth-order valence-electron chi connectivity index (χ4n) is 0.426. The first kappa shape index (κ1) is 9.87. The zero-order chi connectivity index (χ0) is 7.98. The molecule has 0 aromatic heterocycles. The Morgan fingerprint density at radius 1 is 1.80 bits per heavy atom. The van der Waals surface area contributed by atoms with Gasteiger partial charge in [0.2, 0.25) is 0 Å². The summed E-state index contributed by atoms with van der Waals surface area (Å²) in [5.74, 6) is -0.261. The zero-order valence-corrected chi connectivity index (χ0v) is 7.83. The van der Waals surface area contributed by atoms with Crippen LogP contribution in [0.25, 0.3) is 0 Å². The number of esters is 1. The number of rotatable bonds is 4. The molecule has 0 bridgehead atoms. The average molecular weight is 256 g/mol. The van der Waals surface area contributed by atoms with E-state index in [2.05, 4.69) is 4.74 Å². The highest BCUT2D eigenvalue weighted by molar-refractivity contribution is 14.1. The molecule has 0 saturated heterocycles. The highest BCUT2D eigenvalue weighted by atomic mass is 127. The fourth-order valence-corrected chi connectivity index (χ4v) is 0.737. The van der Waals surface area contributed by atoms with Crippen LogP contribution in [0, 0.1) is 0 Å². The van der Waals surface area contributed by atoms with Crippen LogP contribution in [0.1, 0.15) is 12.8 Å². The maximum atomic E-state index is 10.5. The highest BCUT2D eigenvalue weighted by Gasteiger charge is 2.05. The standard InChI is InChI=1S/C6H9IO3/c1-10-6(9)3-2-5(7)4-8/h4-5H,2-3H2,1H3. The van der Waals surface area contributed by atoms with Crippen molar-refractivity contribution in [2.45, 2.75) is 16.8 Å². The predicted molar refractivity (Wildman–Crippen MR) is 45.1 cm³/mol. The second-order valence-corrected chi connectivity index (χ2v) is 3.37. The van der Waals surface area contributed by atoms with E-state index in [0.717, 1.165) is 6.29 Å². The van der Waals surface area contributed by atoms with Crippen molar-refractivity contribution in [2.24, 2.45) is 0 Å². The normalized spacial score (nSPS) is 12.2. The molecule has 3 nitrogen and oxygen atoms in total. The molecule has 0 radical (unpaired) electrons. The number of ether oxygens (including phenoxy) is 1. The number of aldehydes is 1. The van der Waals surface area contributed by atoms with Crippen LogP contribution in [0.3, 0.4) is 0 Å². The van der Waals surface area contributed by atoms with Crippen LogP contribution >= 0.6 is 22.6 Å². The highest BCUT2D eigenvalue weighted by Crippen LogP contribution is 2.05. The van der Waals surface area contributed by atoms with Crippen molar-refractivity contribution in [3.05, 3.63) is 0 Å². The average Bonchev–Trinajstić information content (AvgIpc) is 1.99. The van der Waals surface area contributed by atoms with Gasteiger partial charge in [-0.15, -0.1) is 0 Å². The van der Waals surface area contributed by atoms with Crippen LogP contribution in [-0.2, 0) is 14.3 Å². The summed E-state index contributed by atoms with van der Waals surface area (Å²) in [5.41, 5.74) is 0. The quantitative estimate of drug-likeness (QED) is 0.325. The molecule has 1 unspecified atom stereocenters. The summed E-state index contributed by atoms with van der Waals surface area (Å²) in [6.07, 6.45) is 1.71. The third-order valence-electron chi connectivity index (χ3n) is 1.000. The lowest BCUT2D eigenvalue weighted by Gasteiger charge is -1.98. The van der Waals surface area contributed by atoms with E-state index < -0.39 is 0 Å². The Kier molecular flexibility index (Phi) is 5.57. The van der Waals surface area contributed by atoms with Gasteiger partial charge in [0.1, 0.15) is 6.29 Å². The van der Waals surface area contributed by atoms with Crippen LogP contribution in [0.4, 0.5) is 0 Å². The van der Waals surface area contributed by atoms with Crippen molar-refractivity contribution in [2.75, 3.05) is 7.11 Å². The first-order valence-electron chi connectivity index (χ1n) is 2.87. The van der Waals surface area contributed by atoms with Gasteiger partial charge in [-0.3, -0.25) is 4.79 Å². The Morgan fingerprint density at radius 2 is 2.40 bits per heavy atom. The number of alkyl halides is 1. The van der Waals surface area contributed by atoms with Crippen LogP contribution in [-0.4, -0.2) is 23.3 Å². The number of methoxy groups -OCH3 is 1. The van der Waals surface area contributed by atoms with Gasteiger partial charge in [0.05, 0.1) is 11.0 Å². The van der Waals surface area contributed by atoms with Gasteiger partial charge in [-0.2, -0.15) is 0 Å². The first-order valence-corrected chi connectivity index (χ1v) is 4.11. The largest absolute Gasteiger partial charge is 0.469 e. The van der Waals surface area contributed by atoms with E-state index in [1.807, 2.05) is 22.6 Å². The van der Waals surface area contributed by atoms with Gasteiger partial charge in [0, 0.05) is 6.42 Å². The van der Waals surface area contributed by atoms with E-state index in [-0.39, 0.29) is 9.89 Å². The van der Waals surface area contributed by atoms with Gasteiger partial charge in [0.15, 0.2) is 0 Å². The van der Waals surface area contributed by atoms with E-state index in [0.29, 0.717) is 12.8 Å². The summed E-state index contributed by atoms with van der Waals surface area (Å²) in [5, 5.41) is 0. The third-order valence-corrected chi connectivity index (χ3v) is 1.92. The smallest absolute Gasteiger partial charge is 0.305 e. The molecule has 1 atom stereocenters. The Bertz CT molecular complexity index is 124. The maximum absolute atomic E-state index is 10.5. The molecule has 0 aromatic carbocycles. The Labute approximate surface area is 73.3 Å². The molecule has 0 spiro atoms. The van der Waals surface area contributed by atoms with Gasteiger partial charge in [-0.05, 0) is 6.42 Å². The van der Waals surface area contributed by atoms with Crippen molar-refractivity contribution in [1.82, 2.24) is 0 Å². The number of hydrogen-bond donors (Lipinski definition) is 0. The summed E-state index contributed by atoms with van der Waals surface area (Å²) in [6.45, 7) is 0. The lowest BCUT2D eigenvalue weighted by Crippen LogP contribution is -2.05. The molecule has 0 aliphatic rings. The molecule has 0 N–H and O–H groups in total. The van der Waals surface area contributed by atoms with E-state index >= 15 is 0 Å². The van der Waals surface area contributed by atoms with Crippen LogP contribution in [0.2, 0.25) is 0 Å². The van der Waals surface area contributed by atoms with Crippen LogP contribution in [0.15, 0.2) is 0 Å². The van der Waals surface area contributed by atoms with Crippen molar-refractivity contribution in [3.8, 4) is 0 Å². The van der Waals surface area contributed by atoms with Crippen molar-refractivity contribution in [3.63, 3.8) is 0 Å². The summed E-state index contributed by atoms with van der Waals surface area (Å²) in [4.78, 5) is 20.5. The lowest BCUT2D eigenvalue weighted by molar-refractivity contribution is -0.140. The Balaban J connectivity index is 3.34. The Morgan fingerprint density at radius 3 is 2.80 bits per heavy atom. The maximum Gasteiger partial charge on any atom is 0.305 e. The minimum Gasteiger partial charge on any atom is -0.469 e. The monoisotopic (exact) mass is 256 g/mol. The van der Waals surface area contributed by atoms with Crippen molar-refractivity contribution in [1.29, 1.82) is 0 Å². The minimum absolute atomic E-state index is 0.0725. The predicted octanol–water partition coefficient (Wildman–Crippen LogP) is 0.942. The first-order chi connectivity index (χ1) is 4.70. The molecule has 0 aliphatic carbocycles. The SMILES string of the molecule is COC(=O)CCC(I)C=O. The molecule has 0 saturated carbocycles. The fraction of sp³-hybridized carbons (Fsp3) is 0.667. The molecule has 0 fully saturated rings. The zero-order valence-electron chi connectivity index (χ0n) is 5.67. The van der Waals surface area contributed by atoms with Crippen molar-refractivity contribution < 1.29 is 14.3 Å². The number of carbonyl (C=O) groups is 2. The van der Waals surface area contributed by atoms with E-state index in [1.165, 1.54) is 7.11 Å². The molecule has 0 amide bonds. The second kappa shape index (κ2) is 5.64. The summed E-state index contributed by atoms with van der Waals surface area (Å²) >= 11 is 1.98. The molecule has 58 valence electrons. The molecule has 0 aliphatic heterocycles.